The van der Waals surface area contributed by atoms with Gasteiger partial charge in [-0.25, -0.2) is 4.98 Å². The fraction of sp³-hybridized carbons (Fsp3) is 0.421. The molecule has 1 aromatic heterocycles. The van der Waals surface area contributed by atoms with Crippen molar-refractivity contribution in [3.8, 4) is 11.3 Å². The monoisotopic (exact) mass is 340 g/mol. The summed E-state index contributed by atoms with van der Waals surface area (Å²) in [6.07, 6.45) is 3.46. The maximum Gasteiger partial charge on any atom is 0.225 e. The highest BCUT2D eigenvalue weighted by atomic mass is 16.2. The van der Waals surface area contributed by atoms with Crippen LogP contribution in [0.1, 0.15) is 38.6 Å². The molecule has 0 spiro atoms. The van der Waals surface area contributed by atoms with Crippen molar-refractivity contribution in [2.24, 2.45) is 5.92 Å². The molecule has 2 atom stereocenters. The fourth-order valence-corrected chi connectivity index (χ4v) is 3.20. The number of aromatic amines is 1. The minimum atomic E-state index is -0.210. The van der Waals surface area contributed by atoms with E-state index >= 15 is 0 Å². The Labute approximate surface area is 147 Å². The van der Waals surface area contributed by atoms with Crippen molar-refractivity contribution in [2.75, 3.05) is 13.1 Å². The van der Waals surface area contributed by atoms with Crippen molar-refractivity contribution in [3.05, 3.63) is 42.4 Å². The molecular formula is C19H24N4O2. The maximum atomic E-state index is 12.5. The lowest BCUT2D eigenvalue weighted by atomic mass is 9.97. The molecule has 0 saturated carbocycles. The van der Waals surface area contributed by atoms with E-state index in [-0.39, 0.29) is 23.8 Å². The van der Waals surface area contributed by atoms with E-state index in [2.05, 4.69) is 15.3 Å². The number of hydrogen-bond acceptors (Lipinski definition) is 3. The first-order chi connectivity index (χ1) is 12.0. The van der Waals surface area contributed by atoms with Crippen molar-refractivity contribution in [3.63, 3.8) is 0 Å². The number of aromatic nitrogens is 2. The molecule has 3 rings (SSSR count). The fourth-order valence-electron chi connectivity index (χ4n) is 3.20. The molecule has 6 nitrogen and oxygen atoms in total. The van der Waals surface area contributed by atoms with Crippen molar-refractivity contribution in [2.45, 2.75) is 32.7 Å². The molecule has 2 N–H and O–H groups in total. The van der Waals surface area contributed by atoms with Crippen LogP contribution in [0.5, 0.6) is 0 Å². The SMILES string of the molecule is CC(=O)N1CCC[C@H](C(=O)N[C@H](C)c2ncc(-c3ccccc3)[nH]2)C1. The van der Waals surface area contributed by atoms with E-state index in [4.69, 9.17) is 0 Å². The number of H-pyrrole nitrogens is 1. The summed E-state index contributed by atoms with van der Waals surface area (Å²) in [5.74, 6) is 0.593. The lowest BCUT2D eigenvalue weighted by Crippen LogP contribution is -2.45. The van der Waals surface area contributed by atoms with Crippen LogP contribution >= 0.6 is 0 Å². The molecule has 2 amide bonds. The number of benzene rings is 1. The molecule has 0 unspecified atom stereocenters. The zero-order valence-electron chi connectivity index (χ0n) is 14.7. The van der Waals surface area contributed by atoms with Crippen molar-refractivity contribution in [1.82, 2.24) is 20.2 Å². The third-order valence-electron chi connectivity index (χ3n) is 4.69. The number of carbonyl (C=O) groups is 2. The average molecular weight is 340 g/mol. The van der Waals surface area contributed by atoms with Crippen LogP contribution in [0.15, 0.2) is 36.5 Å². The van der Waals surface area contributed by atoms with Gasteiger partial charge in [0.1, 0.15) is 5.82 Å². The predicted molar refractivity (Wildman–Crippen MR) is 95.6 cm³/mol. The topological polar surface area (TPSA) is 78.1 Å². The number of likely N-dealkylation sites (tertiary alicyclic amines) is 1. The molecule has 0 radical (unpaired) electrons. The van der Waals surface area contributed by atoms with Gasteiger partial charge in [0.15, 0.2) is 0 Å². The number of amides is 2. The van der Waals surface area contributed by atoms with Gasteiger partial charge in [0.25, 0.3) is 0 Å². The molecule has 2 aromatic rings. The van der Waals surface area contributed by atoms with E-state index in [0.29, 0.717) is 6.54 Å². The Morgan fingerprint density at radius 2 is 2.08 bits per heavy atom. The van der Waals surface area contributed by atoms with Gasteiger partial charge in [-0.15, -0.1) is 0 Å². The molecule has 1 aliphatic rings. The largest absolute Gasteiger partial charge is 0.346 e. The Morgan fingerprint density at radius 1 is 1.32 bits per heavy atom. The van der Waals surface area contributed by atoms with Gasteiger partial charge in [-0.2, -0.15) is 0 Å². The minimum absolute atomic E-state index is 0.0175. The Bertz CT molecular complexity index is 741. The van der Waals surface area contributed by atoms with Gasteiger partial charge >= 0.3 is 0 Å². The van der Waals surface area contributed by atoms with E-state index in [0.717, 1.165) is 36.5 Å². The van der Waals surface area contributed by atoms with Crippen LogP contribution in [0.2, 0.25) is 0 Å². The summed E-state index contributed by atoms with van der Waals surface area (Å²) in [5, 5.41) is 3.02. The first-order valence-electron chi connectivity index (χ1n) is 8.71. The summed E-state index contributed by atoms with van der Waals surface area (Å²) in [4.78, 5) is 33.5. The zero-order valence-corrected chi connectivity index (χ0v) is 14.7. The summed E-state index contributed by atoms with van der Waals surface area (Å²) >= 11 is 0. The van der Waals surface area contributed by atoms with Gasteiger partial charge in [0.05, 0.1) is 23.9 Å². The van der Waals surface area contributed by atoms with Crippen LogP contribution < -0.4 is 5.32 Å². The molecule has 6 heteroatoms. The first-order valence-corrected chi connectivity index (χ1v) is 8.71. The van der Waals surface area contributed by atoms with Gasteiger partial charge < -0.3 is 15.2 Å². The van der Waals surface area contributed by atoms with E-state index in [9.17, 15) is 9.59 Å². The highest BCUT2D eigenvalue weighted by Crippen LogP contribution is 2.21. The molecule has 0 bridgehead atoms. The Balaban J connectivity index is 1.62. The van der Waals surface area contributed by atoms with Gasteiger partial charge in [-0.1, -0.05) is 30.3 Å². The number of imidazole rings is 1. The number of carbonyl (C=O) groups excluding carboxylic acids is 2. The Morgan fingerprint density at radius 3 is 2.80 bits per heavy atom. The van der Waals surface area contributed by atoms with Crippen molar-refractivity contribution >= 4 is 11.8 Å². The Kier molecular flexibility index (Phi) is 5.16. The van der Waals surface area contributed by atoms with Crippen molar-refractivity contribution in [1.29, 1.82) is 0 Å². The summed E-state index contributed by atoms with van der Waals surface area (Å²) < 4.78 is 0. The third-order valence-corrected chi connectivity index (χ3v) is 4.69. The molecule has 1 fully saturated rings. The predicted octanol–water partition coefficient (Wildman–Crippen LogP) is 2.51. The molecule has 25 heavy (non-hydrogen) atoms. The normalized spacial score (nSPS) is 18.6. The molecular weight excluding hydrogens is 316 g/mol. The van der Waals surface area contributed by atoms with Crippen LogP contribution in [0.25, 0.3) is 11.3 Å². The quantitative estimate of drug-likeness (QED) is 0.898. The highest BCUT2D eigenvalue weighted by Gasteiger charge is 2.28. The van der Waals surface area contributed by atoms with Crippen LogP contribution in [0.3, 0.4) is 0 Å². The highest BCUT2D eigenvalue weighted by molar-refractivity contribution is 5.81. The van der Waals surface area contributed by atoms with E-state index in [1.807, 2.05) is 37.3 Å². The van der Waals surface area contributed by atoms with Crippen LogP contribution in [-0.2, 0) is 9.59 Å². The van der Waals surface area contributed by atoms with Crippen LogP contribution in [-0.4, -0.2) is 39.8 Å². The average Bonchev–Trinajstić information content (AvgIpc) is 3.13. The number of piperidine rings is 1. The van der Waals surface area contributed by atoms with E-state index in [1.54, 1.807) is 18.0 Å². The third kappa shape index (κ3) is 4.07. The van der Waals surface area contributed by atoms with Crippen molar-refractivity contribution < 1.29 is 9.59 Å². The number of nitrogens with zero attached hydrogens (tertiary/aromatic N) is 2. The summed E-state index contributed by atoms with van der Waals surface area (Å²) in [6.45, 7) is 4.71. The van der Waals surface area contributed by atoms with Gasteiger partial charge in [-0.3, -0.25) is 9.59 Å². The molecule has 2 heterocycles. The molecule has 132 valence electrons. The van der Waals surface area contributed by atoms with Gasteiger partial charge in [0, 0.05) is 20.0 Å². The summed E-state index contributed by atoms with van der Waals surface area (Å²) in [5.41, 5.74) is 1.99. The number of nitrogens with one attached hydrogen (secondary N) is 2. The van der Waals surface area contributed by atoms with Gasteiger partial charge in [-0.05, 0) is 25.3 Å². The lowest BCUT2D eigenvalue weighted by molar-refractivity contribution is -0.134. The van der Waals surface area contributed by atoms with Crippen LogP contribution in [0, 0.1) is 5.92 Å². The molecule has 1 saturated heterocycles. The second-order valence-electron chi connectivity index (χ2n) is 6.58. The van der Waals surface area contributed by atoms with E-state index in [1.165, 1.54) is 0 Å². The molecule has 1 aliphatic heterocycles. The molecule has 0 aliphatic carbocycles. The maximum absolute atomic E-state index is 12.5. The molecule has 1 aromatic carbocycles. The second kappa shape index (κ2) is 7.51. The summed E-state index contributed by atoms with van der Waals surface area (Å²) in [7, 11) is 0. The zero-order chi connectivity index (χ0) is 17.8. The van der Waals surface area contributed by atoms with E-state index < -0.39 is 0 Å². The Hall–Kier alpha value is -2.63. The first kappa shape index (κ1) is 17.2. The lowest BCUT2D eigenvalue weighted by Gasteiger charge is -2.31. The number of hydrogen-bond donors (Lipinski definition) is 2. The number of rotatable bonds is 4. The standard InChI is InChI=1S/C19H24N4O2/c1-13(18-20-11-17(22-18)15-7-4-3-5-8-15)21-19(25)16-9-6-10-23(12-16)14(2)24/h3-5,7-8,11,13,16H,6,9-10,12H2,1-2H3,(H,20,22)(H,21,25)/t13-,16+/m1/s1. The second-order valence-corrected chi connectivity index (χ2v) is 6.58. The van der Waals surface area contributed by atoms with Gasteiger partial charge in [0.2, 0.25) is 11.8 Å². The minimum Gasteiger partial charge on any atom is -0.346 e. The van der Waals surface area contributed by atoms with Crippen LogP contribution in [0.4, 0.5) is 0 Å². The summed E-state index contributed by atoms with van der Waals surface area (Å²) in [6, 6.07) is 9.74. The smallest absolute Gasteiger partial charge is 0.225 e.